The van der Waals surface area contributed by atoms with E-state index in [0.29, 0.717) is 18.8 Å². The molecule has 1 saturated heterocycles. The summed E-state index contributed by atoms with van der Waals surface area (Å²) in [6.07, 6.45) is -4.74. The van der Waals surface area contributed by atoms with Crippen molar-refractivity contribution in [2.45, 2.75) is 6.36 Å². The van der Waals surface area contributed by atoms with E-state index >= 15 is 0 Å². The first-order chi connectivity index (χ1) is 9.85. The van der Waals surface area contributed by atoms with Crippen molar-refractivity contribution in [2.75, 3.05) is 25.0 Å². The van der Waals surface area contributed by atoms with Crippen LogP contribution in [0.2, 0.25) is 0 Å². The Morgan fingerprint density at radius 1 is 1.33 bits per heavy atom. The van der Waals surface area contributed by atoms with E-state index in [0.717, 1.165) is 17.0 Å². The Hall–Kier alpha value is -2.45. The van der Waals surface area contributed by atoms with Crippen molar-refractivity contribution >= 4 is 17.6 Å². The van der Waals surface area contributed by atoms with Crippen molar-refractivity contribution in [1.82, 2.24) is 10.2 Å². The SMILES string of the molecule is O=C(CNc1ccc(OC(F)(F)F)cc1)N1CCNC1=O. The van der Waals surface area contributed by atoms with Crippen molar-refractivity contribution in [2.24, 2.45) is 0 Å². The second kappa shape index (κ2) is 5.90. The van der Waals surface area contributed by atoms with Gasteiger partial charge in [0.15, 0.2) is 0 Å². The molecule has 114 valence electrons. The molecule has 6 nitrogen and oxygen atoms in total. The van der Waals surface area contributed by atoms with Crippen molar-refractivity contribution in [3.8, 4) is 5.75 Å². The summed E-state index contributed by atoms with van der Waals surface area (Å²) in [6, 6.07) is 4.50. The number of carbonyl (C=O) groups excluding carboxylic acids is 2. The van der Waals surface area contributed by atoms with Gasteiger partial charge in [0.25, 0.3) is 0 Å². The number of nitrogens with zero attached hydrogens (tertiary/aromatic N) is 1. The lowest BCUT2D eigenvalue weighted by Crippen LogP contribution is -2.37. The van der Waals surface area contributed by atoms with E-state index in [4.69, 9.17) is 0 Å². The standard InChI is InChI=1S/C12H12F3N3O3/c13-12(14,15)21-9-3-1-8(2-4-9)17-7-10(19)18-6-5-16-11(18)20/h1-4,17H,5-7H2,(H,16,20). The highest BCUT2D eigenvalue weighted by Gasteiger charge is 2.31. The number of nitrogens with one attached hydrogen (secondary N) is 2. The van der Waals surface area contributed by atoms with E-state index in [1.54, 1.807) is 0 Å². The maximum Gasteiger partial charge on any atom is 0.573 e. The Labute approximate surface area is 117 Å². The van der Waals surface area contributed by atoms with Gasteiger partial charge in [-0.3, -0.25) is 9.69 Å². The minimum atomic E-state index is -4.74. The van der Waals surface area contributed by atoms with Crippen molar-refractivity contribution in [3.05, 3.63) is 24.3 Å². The van der Waals surface area contributed by atoms with E-state index in [9.17, 15) is 22.8 Å². The number of carbonyl (C=O) groups is 2. The number of anilines is 1. The Kier molecular flexibility index (Phi) is 4.20. The molecule has 1 fully saturated rings. The quantitative estimate of drug-likeness (QED) is 0.885. The lowest BCUT2D eigenvalue weighted by atomic mass is 10.3. The first-order valence-corrected chi connectivity index (χ1v) is 6.03. The summed E-state index contributed by atoms with van der Waals surface area (Å²) in [5, 5.41) is 5.22. The van der Waals surface area contributed by atoms with Gasteiger partial charge in [0, 0.05) is 18.8 Å². The highest BCUT2D eigenvalue weighted by Crippen LogP contribution is 2.23. The number of alkyl halides is 3. The molecule has 0 atom stereocenters. The van der Waals surface area contributed by atoms with Crippen LogP contribution in [0.15, 0.2) is 24.3 Å². The molecule has 1 aromatic rings. The Morgan fingerprint density at radius 2 is 2.00 bits per heavy atom. The molecule has 0 bridgehead atoms. The van der Waals surface area contributed by atoms with Crippen molar-refractivity contribution < 1.29 is 27.5 Å². The highest BCUT2D eigenvalue weighted by molar-refractivity contribution is 5.97. The minimum Gasteiger partial charge on any atom is -0.406 e. The summed E-state index contributed by atoms with van der Waals surface area (Å²) in [4.78, 5) is 24.0. The molecule has 1 heterocycles. The van der Waals surface area contributed by atoms with Crippen LogP contribution in [0.1, 0.15) is 0 Å². The van der Waals surface area contributed by atoms with Gasteiger partial charge in [0.2, 0.25) is 5.91 Å². The first kappa shape index (κ1) is 14.9. The average molecular weight is 303 g/mol. The molecule has 0 radical (unpaired) electrons. The van der Waals surface area contributed by atoms with Gasteiger partial charge in [-0.25, -0.2) is 4.79 Å². The fourth-order valence-electron chi connectivity index (χ4n) is 1.76. The fourth-order valence-corrected chi connectivity index (χ4v) is 1.76. The molecule has 2 rings (SSSR count). The zero-order chi connectivity index (χ0) is 15.5. The molecule has 3 amide bonds. The van der Waals surface area contributed by atoms with Crippen LogP contribution in [0, 0.1) is 0 Å². The molecule has 21 heavy (non-hydrogen) atoms. The predicted molar refractivity (Wildman–Crippen MR) is 66.7 cm³/mol. The third kappa shape index (κ3) is 4.26. The van der Waals surface area contributed by atoms with Crippen LogP contribution in [-0.4, -0.2) is 42.8 Å². The van der Waals surface area contributed by atoms with Gasteiger partial charge in [0.05, 0.1) is 6.54 Å². The summed E-state index contributed by atoms with van der Waals surface area (Å²) in [5.74, 6) is -0.765. The van der Waals surface area contributed by atoms with Gasteiger partial charge in [-0.2, -0.15) is 0 Å². The van der Waals surface area contributed by atoms with E-state index < -0.39 is 18.3 Å². The third-order valence-electron chi connectivity index (χ3n) is 2.69. The fraction of sp³-hybridized carbons (Fsp3) is 0.333. The van der Waals surface area contributed by atoms with Gasteiger partial charge < -0.3 is 15.4 Å². The summed E-state index contributed by atoms with van der Waals surface area (Å²) in [7, 11) is 0. The zero-order valence-electron chi connectivity index (χ0n) is 10.7. The molecular weight excluding hydrogens is 291 g/mol. The van der Waals surface area contributed by atoms with Crippen LogP contribution in [0.25, 0.3) is 0 Å². The third-order valence-corrected chi connectivity index (χ3v) is 2.69. The second-order valence-electron chi connectivity index (χ2n) is 4.20. The Morgan fingerprint density at radius 3 is 2.52 bits per heavy atom. The predicted octanol–water partition coefficient (Wildman–Crippen LogP) is 1.55. The second-order valence-corrected chi connectivity index (χ2v) is 4.20. The van der Waals surface area contributed by atoms with Crippen molar-refractivity contribution in [1.29, 1.82) is 0 Å². The van der Waals surface area contributed by atoms with Crippen molar-refractivity contribution in [3.63, 3.8) is 0 Å². The van der Waals surface area contributed by atoms with Crippen LogP contribution in [0.4, 0.5) is 23.7 Å². The van der Waals surface area contributed by atoms with Gasteiger partial charge in [-0.05, 0) is 24.3 Å². The number of urea groups is 1. The molecule has 0 aromatic heterocycles. The average Bonchev–Trinajstić information content (AvgIpc) is 2.82. The maximum atomic E-state index is 12.0. The van der Waals surface area contributed by atoms with Crippen LogP contribution in [0.5, 0.6) is 5.75 Å². The number of halogens is 3. The van der Waals surface area contributed by atoms with Gasteiger partial charge in [-0.1, -0.05) is 0 Å². The van der Waals surface area contributed by atoms with Gasteiger partial charge in [-0.15, -0.1) is 13.2 Å². The summed E-state index contributed by atoms with van der Waals surface area (Å²) >= 11 is 0. The molecule has 2 N–H and O–H groups in total. The lowest BCUT2D eigenvalue weighted by molar-refractivity contribution is -0.274. The van der Waals surface area contributed by atoms with Gasteiger partial charge in [0.1, 0.15) is 5.75 Å². The molecule has 0 aliphatic carbocycles. The molecule has 1 aromatic carbocycles. The van der Waals surface area contributed by atoms with Gasteiger partial charge >= 0.3 is 12.4 Å². The van der Waals surface area contributed by atoms with Crippen LogP contribution in [0.3, 0.4) is 0 Å². The normalized spacial score (nSPS) is 14.8. The zero-order valence-corrected chi connectivity index (χ0v) is 10.7. The monoisotopic (exact) mass is 303 g/mol. The molecule has 1 aliphatic heterocycles. The summed E-state index contributed by atoms with van der Waals surface area (Å²) < 4.78 is 39.7. The minimum absolute atomic E-state index is 0.132. The summed E-state index contributed by atoms with van der Waals surface area (Å²) in [6.45, 7) is 0.582. The number of hydrogen-bond acceptors (Lipinski definition) is 4. The molecule has 1 aliphatic rings. The summed E-state index contributed by atoms with van der Waals surface area (Å²) in [5.41, 5.74) is 0.442. The maximum absolute atomic E-state index is 12.0. The number of ether oxygens (including phenoxy) is 1. The van der Waals surface area contributed by atoms with E-state index in [1.165, 1.54) is 12.1 Å². The van der Waals surface area contributed by atoms with E-state index in [-0.39, 0.29) is 12.3 Å². The molecule has 0 saturated carbocycles. The first-order valence-electron chi connectivity index (χ1n) is 6.03. The number of benzene rings is 1. The molecule has 0 unspecified atom stereocenters. The largest absolute Gasteiger partial charge is 0.573 e. The molecular formula is C12H12F3N3O3. The Bertz CT molecular complexity index is 531. The number of hydrogen-bond donors (Lipinski definition) is 2. The highest BCUT2D eigenvalue weighted by atomic mass is 19.4. The van der Waals surface area contributed by atoms with E-state index in [2.05, 4.69) is 15.4 Å². The number of imide groups is 1. The molecule has 0 spiro atoms. The number of rotatable bonds is 4. The lowest BCUT2D eigenvalue weighted by Gasteiger charge is -2.13. The smallest absolute Gasteiger partial charge is 0.406 e. The Balaban J connectivity index is 1.86. The van der Waals surface area contributed by atoms with Crippen LogP contribution >= 0.6 is 0 Å². The van der Waals surface area contributed by atoms with E-state index in [1.807, 2.05) is 0 Å². The topological polar surface area (TPSA) is 70.7 Å². The molecule has 9 heteroatoms. The van der Waals surface area contributed by atoms with Crippen LogP contribution in [-0.2, 0) is 4.79 Å². The number of amides is 3. The van der Waals surface area contributed by atoms with Crippen LogP contribution < -0.4 is 15.4 Å².